The summed E-state index contributed by atoms with van der Waals surface area (Å²) in [4.78, 5) is 0. The van der Waals surface area contributed by atoms with Gasteiger partial charge in [-0.2, -0.15) is 0 Å². The Morgan fingerprint density at radius 1 is 0.917 bits per heavy atom. The van der Waals surface area contributed by atoms with Gasteiger partial charge in [-0.15, -0.1) is 0 Å². The summed E-state index contributed by atoms with van der Waals surface area (Å²) in [5.41, 5.74) is 17.6. The molecule has 3 rings (SSSR count). The monoisotopic (exact) mass is 315 g/mol. The lowest BCUT2D eigenvalue weighted by molar-refractivity contribution is 1.04. The maximum atomic E-state index is 8.17. The molecule has 3 nitrogen and oxygen atoms in total. The zero-order valence-corrected chi connectivity index (χ0v) is 13.5. The van der Waals surface area contributed by atoms with E-state index in [0.29, 0.717) is 17.1 Å². The van der Waals surface area contributed by atoms with Gasteiger partial charge in [0.2, 0.25) is 0 Å². The van der Waals surface area contributed by atoms with Crippen molar-refractivity contribution in [1.29, 1.82) is 5.41 Å². The molecule has 0 spiro atoms. The van der Waals surface area contributed by atoms with Crippen LogP contribution in [0.25, 0.3) is 11.3 Å². The Bertz CT molecular complexity index is 822. The maximum Gasteiger partial charge on any atom is 0.0632 e. The number of nitrogen functional groups attached to an aromatic ring is 1. The van der Waals surface area contributed by atoms with E-state index in [1.807, 2.05) is 24.3 Å². The molecule has 0 fully saturated rings. The first-order valence-corrected chi connectivity index (χ1v) is 8.02. The quantitative estimate of drug-likeness (QED) is 0.579. The summed E-state index contributed by atoms with van der Waals surface area (Å²) < 4.78 is 0. The second-order valence-corrected chi connectivity index (χ2v) is 5.85. The molecule has 0 aliphatic heterocycles. The van der Waals surface area contributed by atoms with E-state index in [4.69, 9.17) is 16.9 Å². The van der Waals surface area contributed by atoms with E-state index in [0.717, 1.165) is 24.0 Å². The molecule has 0 amide bonds. The van der Waals surface area contributed by atoms with Gasteiger partial charge in [-0.3, -0.25) is 0 Å². The van der Waals surface area contributed by atoms with Gasteiger partial charge in [-0.1, -0.05) is 54.6 Å². The van der Waals surface area contributed by atoms with Crippen LogP contribution >= 0.6 is 0 Å². The average Bonchev–Trinajstić information content (AvgIpc) is 2.63. The van der Waals surface area contributed by atoms with Crippen LogP contribution in [0.4, 0.5) is 5.69 Å². The number of benzene rings is 2. The summed E-state index contributed by atoms with van der Waals surface area (Å²) in [6.07, 6.45) is 10.5. The highest BCUT2D eigenvalue weighted by atomic mass is 14.6. The molecule has 0 radical (unpaired) electrons. The van der Waals surface area contributed by atoms with Gasteiger partial charge in [0.15, 0.2) is 0 Å². The van der Waals surface area contributed by atoms with Gasteiger partial charge in [0, 0.05) is 11.4 Å². The van der Waals surface area contributed by atoms with Gasteiger partial charge in [0.1, 0.15) is 0 Å². The second kappa shape index (κ2) is 7.01. The van der Waals surface area contributed by atoms with Crippen molar-refractivity contribution in [2.45, 2.75) is 12.8 Å². The third kappa shape index (κ3) is 3.63. The number of nitrogens with two attached hydrogens (primary N) is 2. The highest BCUT2D eigenvalue weighted by molar-refractivity contribution is 6.10. The Morgan fingerprint density at radius 2 is 1.58 bits per heavy atom. The summed E-state index contributed by atoms with van der Waals surface area (Å²) in [5.74, 6) is 0. The Balaban J connectivity index is 1.78. The van der Waals surface area contributed by atoms with Crippen molar-refractivity contribution in [3.63, 3.8) is 0 Å². The van der Waals surface area contributed by atoms with Gasteiger partial charge in [0.05, 0.1) is 5.71 Å². The molecular formula is C21H21N3. The first kappa shape index (κ1) is 15.8. The van der Waals surface area contributed by atoms with Crippen LogP contribution in [-0.2, 0) is 0 Å². The third-order valence-corrected chi connectivity index (χ3v) is 4.07. The summed E-state index contributed by atoms with van der Waals surface area (Å²) in [6, 6.07) is 15.4. The number of hydrogen-bond acceptors (Lipinski definition) is 3. The lowest BCUT2D eigenvalue weighted by Crippen LogP contribution is -2.02. The van der Waals surface area contributed by atoms with E-state index in [-0.39, 0.29) is 0 Å². The molecular weight excluding hydrogens is 294 g/mol. The zero-order valence-electron chi connectivity index (χ0n) is 13.5. The highest BCUT2D eigenvalue weighted by Gasteiger charge is 2.04. The topological polar surface area (TPSA) is 75.9 Å². The molecule has 0 atom stereocenters. The van der Waals surface area contributed by atoms with Gasteiger partial charge in [-0.25, -0.2) is 0 Å². The van der Waals surface area contributed by atoms with E-state index in [2.05, 4.69) is 30.4 Å². The van der Waals surface area contributed by atoms with Gasteiger partial charge >= 0.3 is 0 Å². The Kier molecular flexibility index (Phi) is 4.62. The van der Waals surface area contributed by atoms with E-state index >= 15 is 0 Å². The predicted octanol–water partition coefficient (Wildman–Crippen LogP) is 4.37. The largest absolute Gasteiger partial charge is 0.399 e. The van der Waals surface area contributed by atoms with Crippen LogP contribution < -0.4 is 11.5 Å². The van der Waals surface area contributed by atoms with Crippen molar-refractivity contribution in [3.05, 3.63) is 89.5 Å². The van der Waals surface area contributed by atoms with Crippen molar-refractivity contribution >= 4 is 22.7 Å². The molecule has 0 bridgehead atoms. The minimum Gasteiger partial charge on any atom is -0.399 e. The Morgan fingerprint density at radius 3 is 2.21 bits per heavy atom. The summed E-state index contributed by atoms with van der Waals surface area (Å²) in [5, 5.41) is 8.17. The first-order chi connectivity index (χ1) is 11.6. The smallest absolute Gasteiger partial charge is 0.0632 e. The zero-order chi connectivity index (χ0) is 16.9. The molecule has 3 heteroatoms. The fourth-order valence-electron chi connectivity index (χ4n) is 2.67. The van der Waals surface area contributed by atoms with Gasteiger partial charge < -0.3 is 16.9 Å². The van der Waals surface area contributed by atoms with Gasteiger partial charge in [0.25, 0.3) is 0 Å². The molecule has 0 aromatic heterocycles. The number of allylic oxidation sites excluding steroid dienone is 5. The van der Waals surface area contributed by atoms with Crippen LogP contribution in [0.15, 0.2) is 72.8 Å². The molecule has 0 heterocycles. The third-order valence-electron chi connectivity index (χ3n) is 4.07. The number of nitrogens with one attached hydrogen (secondary N) is 1. The second-order valence-electron chi connectivity index (χ2n) is 5.85. The fourth-order valence-corrected chi connectivity index (χ4v) is 2.67. The summed E-state index contributed by atoms with van der Waals surface area (Å²) >= 11 is 0. The molecule has 5 N–H and O–H groups in total. The lowest BCUT2D eigenvalue weighted by atomic mass is 9.98. The van der Waals surface area contributed by atoms with Crippen LogP contribution in [0.2, 0.25) is 0 Å². The SMILES string of the molecule is N=C(/C=C(\N)c1ccc(C2=CCCC=C2)cc1)c1ccc(N)cc1. The van der Waals surface area contributed by atoms with E-state index < -0.39 is 0 Å². The molecule has 0 unspecified atom stereocenters. The van der Waals surface area contributed by atoms with Crippen LogP contribution in [0.5, 0.6) is 0 Å². The molecule has 1 aliphatic rings. The number of rotatable bonds is 4. The van der Waals surface area contributed by atoms with E-state index in [1.165, 1.54) is 11.1 Å². The van der Waals surface area contributed by atoms with Crippen LogP contribution in [0.3, 0.4) is 0 Å². The lowest BCUT2D eigenvalue weighted by Gasteiger charge is -2.09. The first-order valence-electron chi connectivity index (χ1n) is 8.02. The van der Waals surface area contributed by atoms with Crippen LogP contribution in [0, 0.1) is 5.41 Å². The number of hydrogen-bond donors (Lipinski definition) is 3. The number of anilines is 1. The summed E-state index contributed by atoms with van der Waals surface area (Å²) in [6.45, 7) is 0. The van der Waals surface area contributed by atoms with Crippen molar-refractivity contribution in [1.82, 2.24) is 0 Å². The molecule has 1 aliphatic carbocycles. The van der Waals surface area contributed by atoms with Crippen LogP contribution in [-0.4, -0.2) is 5.71 Å². The summed E-state index contributed by atoms with van der Waals surface area (Å²) in [7, 11) is 0. The fraction of sp³-hybridized carbons (Fsp3) is 0.0952. The molecule has 0 saturated carbocycles. The van der Waals surface area contributed by atoms with E-state index in [1.54, 1.807) is 18.2 Å². The van der Waals surface area contributed by atoms with Gasteiger partial charge in [-0.05, 0) is 53.3 Å². The normalized spacial score (nSPS) is 14.3. The van der Waals surface area contributed by atoms with E-state index in [9.17, 15) is 0 Å². The Hall–Kier alpha value is -3.07. The highest BCUT2D eigenvalue weighted by Crippen LogP contribution is 2.22. The van der Waals surface area contributed by atoms with Crippen molar-refractivity contribution in [2.24, 2.45) is 5.73 Å². The molecule has 24 heavy (non-hydrogen) atoms. The predicted molar refractivity (Wildman–Crippen MR) is 103 cm³/mol. The van der Waals surface area contributed by atoms with Crippen molar-refractivity contribution in [3.8, 4) is 0 Å². The van der Waals surface area contributed by atoms with Crippen molar-refractivity contribution < 1.29 is 0 Å². The molecule has 0 saturated heterocycles. The molecule has 120 valence electrons. The minimum atomic E-state index is 0.370. The minimum absolute atomic E-state index is 0.370. The maximum absolute atomic E-state index is 8.17. The standard InChI is InChI=1S/C21H21N3/c22-19-12-10-18(11-13-19)21(24)14-20(23)17-8-6-16(7-9-17)15-4-2-1-3-5-15/h2,4-14,24H,1,3,22-23H2/b20-14-,24-21?. The average molecular weight is 315 g/mol. The van der Waals surface area contributed by atoms with Crippen molar-refractivity contribution in [2.75, 3.05) is 5.73 Å². The Labute approximate surface area is 142 Å². The molecule has 2 aromatic rings. The molecule has 2 aromatic carbocycles. The van der Waals surface area contributed by atoms with Crippen LogP contribution in [0.1, 0.15) is 29.5 Å².